The number of ether oxygens (including phenoxy) is 1. The van der Waals surface area contributed by atoms with Gasteiger partial charge in [-0.25, -0.2) is 0 Å². The zero-order valence-corrected chi connectivity index (χ0v) is 13.4. The maximum Gasteiger partial charge on any atom is 0.123 e. The summed E-state index contributed by atoms with van der Waals surface area (Å²) in [5.41, 5.74) is 1.31. The number of rotatable bonds is 7. The molecule has 2 rings (SSSR count). The van der Waals surface area contributed by atoms with Crippen molar-refractivity contribution in [2.45, 2.75) is 26.4 Å². The Bertz CT molecular complexity index is 407. The fourth-order valence-electron chi connectivity index (χ4n) is 2.44. The van der Waals surface area contributed by atoms with E-state index < -0.39 is 0 Å². The second-order valence-corrected chi connectivity index (χ2v) is 5.84. The Morgan fingerprint density at radius 2 is 2.16 bits per heavy atom. The van der Waals surface area contributed by atoms with Crippen LogP contribution in [-0.2, 0) is 6.42 Å². The first-order valence-corrected chi connectivity index (χ1v) is 7.90. The summed E-state index contributed by atoms with van der Waals surface area (Å²) in [6.07, 6.45) is 1.29. The Morgan fingerprint density at radius 1 is 1.37 bits per heavy atom. The molecule has 0 aromatic heterocycles. The maximum atomic E-state index is 5.92. The molecular weight excluding hydrogens is 304 g/mol. The van der Waals surface area contributed by atoms with Gasteiger partial charge in [0.15, 0.2) is 0 Å². The molecule has 0 amide bonds. The van der Waals surface area contributed by atoms with Crippen LogP contribution >= 0.6 is 15.9 Å². The highest BCUT2D eigenvalue weighted by Gasteiger charge is 2.22. The van der Waals surface area contributed by atoms with Gasteiger partial charge >= 0.3 is 0 Å². The van der Waals surface area contributed by atoms with Crippen LogP contribution in [0.4, 0.5) is 0 Å². The molecule has 1 unspecified atom stereocenters. The fourth-order valence-corrected chi connectivity index (χ4v) is 2.85. The number of nitrogens with zero attached hydrogens (tertiary/aromatic N) is 1. The molecule has 0 spiro atoms. The molecule has 1 N–H and O–H groups in total. The minimum absolute atomic E-state index is 0.279. The van der Waals surface area contributed by atoms with E-state index >= 15 is 0 Å². The van der Waals surface area contributed by atoms with Gasteiger partial charge in [-0.3, -0.25) is 0 Å². The quantitative estimate of drug-likeness (QED) is 0.780. The second-order valence-electron chi connectivity index (χ2n) is 4.93. The molecule has 1 aliphatic heterocycles. The van der Waals surface area contributed by atoms with Crippen molar-refractivity contribution in [3.8, 4) is 5.75 Å². The van der Waals surface area contributed by atoms with Crippen molar-refractivity contribution in [3.63, 3.8) is 0 Å². The third kappa shape index (κ3) is 4.20. The van der Waals surface area contributed by atoms with Crippen LogP contribution in [0.3, 0.4) is 0 Å². The van der Waals surface area contributed by atoms with Gasteiger partial charge in [0.1, 0.15) is 11.9 Å². The molecule has 1 heterocycles. The molecule has 0 bridgehead atoms. The number of likely N-dealkylation sites (N-methyl/N-ethyl adjacent to an activating group) is 1. The average Bonchev–Trinajstić information content (AvgIpc) is 2.80. The van der Waals surface area contributed by atoms with Crippen molar-refractivity contribution in [2.75, 3.05) is 32.7 Å². The Hall–Kier alpha value is -0.580. The Morgan fingerprint density at radius 3 is 2.89 bits per heavy atom. The van der Waals surface area contributed by atoms with Gasteiger partial charge < -0.3 is 15.0 Å². The lowest BCUT2D eigenvalue weighted by atomic mass is 10.1. The molecule has 0 radical (unpaired) electrons. The molecule has 0 saturated heterocycles. The first kappa shape index (κ1) is 14.8. The highest BCUT2D eigenvalue weighted by molar-refractivity contribution is 9.10. The van der Waals surface area contributed by atoms with E-state index in [0.717, 1.165) is 49.4 Å². The van der Waals surface area contributed by atoms with E-state index in [2.05, 4.69) is 52.1 Å². The molecule has 1 aromatic rings. The summed E-state index contributed by atoms with van der Waals surface area (Å²) in [4.78, 5) is 2.42. The Balaban J connectivity index is 1.69. The molecule has 0 aliphatic carbocycles. The predicted molar refractivity (Wildman–Crippen MR) is 82.9 cm³/mol. The summed E-state index contributed by atoms with van der Waals surface area (Å²) in [7, 11) is 0. The van der Waals surface area contributed by atoms with E-state index in [1.54, 1.807) is 0 Å². The highest BCUT2D eigenvalue weighted by Crippen LogP contribution is 2.30. The predicted octanol–water partition coefficient (Wildman–Crippen LogP) is 2.68. The number of benzene rings is 1. The van der Waals surface area contributed by atoms with Gasteiger partial charge in [0.2, 0.25) is 0 Å². The molecule has 106 valence electrons. The van der Waals surface area contributed by atoms with E-state index in [9.17, 15) is 0 Å². The van der Waals surface area contributed by atoms with Gasteiger partial charge in [0.25, 0.3) is 0 Å². The van der Waals surface area contributed by atoms with E-state index in [1.807, 2.05) is 6.07 Å². The van der Waals surface area contributed by atoms with Crippen LogP contribution < -0.4 is 10.1 Å². The minimum atomic E-state index is 0.279. The van der Waals surface area contributed by atoms with Crippen LogP contribution in [0.2, 0.25) is 0 Å². The van der Waals surface area contributed by atoms with Gasteiger partial charge in [0, 0.05) is 30.5 Å². The van der Waals surface area contributed by atoms with E-state index in [1.165, 1.54) is 5.56 Å². The fraction of sp³-hybridized carbons (Fsp3) is 0.600. The van der Waals surface area contributed by atoms with Crippen LogP contribution in [0.1, 0.15) is 19.4 Å². The van der Waals surface area contributed by atoms with Crippen molar-refractivity contribution >= 4 is 15.9 Å². The van der Waals surface area contributed by atoms with Gasteiger partial charge in [-0.15, -0.1) is 0 Å². The summed E-state index contributed by atoms with van der Waals surface area (Å²) in [6.45, 7) is 9.72. The molecule has 0 saturated carbocycles. The van der Waals surface area contributed by atoms with Crippen LogP contribution in [0.5, 0.6) is 5.75 Å². The van der Waals surface area contributed by atoms with Gasteiger partial charge in [-0.2, -0.15) is 0 Å². The van der Waals surface area contributed by atoms with Crippen molar-refractivity contribution < 1.29 is 4.74 Å². The third-order valence-corrected chi connectivity index (χ3v) is 4.13. The molecular formula is C15H23BrN2O. The highest BCUT2D eigenvalue weighted by atomic mass is 79.9. The lowest BCUT2D eigenvalue weighted by molar-refractivity contribution is 0.222. The minimum Gasteiger partial charge on any atom is -0.488 e. The van der Waals surface area contributed by atoms with Crippen LogP contribution in [0, 0.1) is 0 Å². The summed E-state index contributed by atoms with van der Waals surface area (Å²) in [5.74, 6) is 1.04. The molecule has 19 heavy (non-hydrogen) atoms. The lowest BCUT2D eigenvalue weighted by Crippen LogP contribution is -2.36. The van der Waals surface area contributed by atoms with Crippen molar-refractivity contribution in [1.82, 2.24) is 10.2 Å². The number of fused-ring (bicyclic) bond motifs is 1. The van der Waals surface area contributed by atoms with E-state index in [-0.39, 0.29) is 6.10 Å². The number of halogens is 1. The molecule has 4 heteroatoms. The summed E-state index contributed by atoms with van der Waals surface area (Å²) in [5, 5.41) is 3.50. The largest absolute Gasteiger partial charge is 0.488 e. The molecule has 1 aromatic carbocycles. The van der Waals surface area contributed by atoms with Gasteiger partial charge in [-0.1, -0.05) is 29.8 Å². The van der Waals surface area contributed by atoms with Crippen LogP contribution in [-0.4, -0.2) is 43.7 Å². The third-order valence-electron chi connectivity index (χ3n) is 3.63. The van der Waals surface area contributed by atoms with Crippen molar-refractivity contribution in [1.29, 1.82) is 0 Å². The molecule has 1 atom stereocenters. The summed E-state index contributed by atoms with van der Waals surface area (Å²) in [6, 6.07) is 6.25. The van der Waals surface area contributed by atoms with E-state index in [0.29, 0.717) is 0 Å². The number of nitrogens with one attached hydrogen (secondary N) is 1. The van der Waals surface area contributed by atoms with Gasteiger partial charge in [0.05, 0.1) is 0 Å². The van der Waals surface area contributed by atoms with Crippen LogP contribution in [0.25, 0.3) is 0 Å². The smallest absolute Gasteiger partial charge is 0.123 e. The first-order chi connectivity index (χ1) is 9.22. The lowest BCUT2D eigenvalue weighted by Gasteiger charge is -2.19. The molecule has 1 aliphatic rings. The summed E-state index contributed by atoms with van der Waals surface area (Å²) >= 11 is 3.50. The van der Waals surface area contributed by atoms with Crippen LogP contribution in [0.15, 0.2) is 22.7 Å². The normalized spacial score (nSPS) is 17.6. The van der Waals surface area contributed by atoms with Gasteiger partial charge in [-0.05, 0) is 36.9 Å². The molecule has 0 fully saturated rings. The number of hydrogen-bond donors (Lipinski definition) is 1. The Labute approximate surface area is 124 Å². The van der Waals surface area contributed by atoms with Crippen molar-refractivity contribution in [2.24, 2.45) is 0 Å². The number of hydrogen-bond acceptors (Lipinski definition) is 3. The van der Waals surface area contributed by atoms with E-state index in [4.69, 9.17) is 4.74 Å². The Kier molecular flexibility index (Phi) is 5.67. The topological polar surface area (TPSA) is 24.5 Å². The zero-order valence-electron chi connectivity index (χ0n) is 11.8. The monoisotopic (exact) mass is 326 g/mol. The zero-order chi connectivity index (χ0) is 13.7. The molecule has 3 nitrogen and oxygen atoms in total. The SMILES string of the molecule is CCN(CC)CCNCC1Cc2cc(Br)ccc2O1. The average molecular weight is 327 g/mol. The second kappa shape index (κ2) is 7.27. The standard InChI is InChI=1S/C15H23BrN2O/c1-3-18(4-2)8-7-17-11-14-10-12-9-13(16)5-6-15(12)19-14/h5-6,9,14,17H,3-4,7-8,10-11H2,1-2H3. The maximum absolute atomic E-state index is 5.92. The van der Waals surface area contributed by atoms with Crippen molar-refractivity contribution in [3.05, 3.63) is 28.2 Å². The summed E-state index contributed by atoms with van der Waals surface area (Å²) < 4.78 is 7.05. The first-order valence-electron chi connectivity index (χ1n) is 7.11.